The number of hydrogen-bond donors (Lipinski definition) is 1. The van der Waals surface area contributed by atoms with Gasteiger partial charge in [0, 0.05) is 12.6 Å². The molecule has 2 atom stereocenters. The normalized spacial score (nSPS) is 28.7. The zero-order chi connectivity index (χ0) is 14.9. The van der Waals surface area contributed by atoms with Crippen molar-refractivity contribution in [2.45, 2.75) is 69.9 Å². The van der Waals surface area contributed by atoms with Crippen LogP contribution in [0.5, 0.6) is 0 Å². The predicted molar refractivity (Wildman–Crippen MR) is 89.5 cm³/mol. The highest BCUT2D eigenvalue weighted by Gasteiger charge is 2.47. The van der Waals surface area contributed by atoms with E-state index in [4.69, 9.17) is 5.73 Å². The molecule has 3 rings (SSSR count). The first-order valence-electron chi connectivity index (χ1n) is 8.79. The second-order valence-electron chi connectivity index (χ2n) is 7.04. The highest BCUT2D eigenvalue weighted by Crippen LogP contribution is 2.48. The van der Waals surface area contributed by atoms with Crippen LogP contribution in [-0.2, 0) is 5.54 Å². The molecule has 2 heteroatoms. The maximum absolute atomic E-state index is 6.40. The van der Waals surface area contributed by atoms with E-state index in [1.54, 1.807) is 0 Å². The molecule has 0 spiro atoms. The fourth-order valence-electron chi connectivity index (χ4n) is 4.18. The van der Waals surface area contributed by atoms with Crippen LogP contribution in [-0.4, -0.2) is 24.0 Å². The number of unbranched alkanes of at least 4 members (excludes halogenated alkanes) is 1. The molecule has 0 amide bonds. The van der Waals surface area contributed by atoms with Crippen LogP contribution in [0.3, 0.4) is 0 Å². The summed E-state index contributed by atoms with van der Waals surface area (Å²) in [5.74, 6) is 0.674. The van der Waals surface area contributed by atoms with Gasteiger partial charge in [0.25, 0.3) is 0 Å². The molecule has 0 bridgehead atoms. The molecule has 0 saturated heterocycles. The Morgan fingerprint density at radius 3 is 2.67 bits per heavy atom. The van der Waals surface area contributed by atoms with E-state index in [0.29, 0.717) is 5.92 Å². The summed E-state index contributed by atoms with van der Waals surface area (Å²) in [7, 11) is 0. The highest BCUT2D eigenvalue weighted by molar-refractivity contribution is 5.39. The zero-order valence-corrected chi connectivity index (χ0v) is 13.6. The third kappa shape index (κ3) is 2.64. The monoisotopic (exact) mass is 286 g/mol. The summed E-state index contributed by atoms with van der Waals surface area (Å²) >= 11 is 0. The molecule has 116 valence electrons. The van der Waals surface area contributed by atoms with Gasteiger partial charge in [-0.05, 0) is 55.7 Å². The summed E-state index contributed by atoms with van der Waals surface area (Å²) in [6.07, 6.45) is 7.77. The van der Waals surface area contributed by atoms with E-state index in [0.717, 1.165) is 12.6 Å². The Balaban J connectivity index is 2.00. The number of rotatable bonds is 6. The second kappa shape index (κ2) is 6.10. The number of nitrogens with two attached hydrogens (primary N) is 1. The van der Waals surface area contributed by atoms with Crippen LogP contribution in [0.2, 0.25) is 0 Å². The van der Waals surface area contributed by atoms with Gasteiger partial charge < -0.3 is 5.73 Å². The second-order valence-corrected chi connectivity index (χ2v) is 7.04. The molecule has 1 fully saturated rings. The van der Waals surface area contributed by atoms with Crippen LogP contribution in [0.4, 0.5) is 0 Å². The molecular weight excluding hydrogens is 256 g/mol. The van der Waals surface area contributed by atoms with Crippen molar-refractivity contribution >= 4 is 0 Å². The van der Waals surface area contributed by atoms with Crippen molar-refractivity contribution in [3.05, 3.63) is 35.4 Å². The first-order chi connectivity index (χ1) is 10.2. The van der Waals surface area contributed by atoms with Crippen LogP contribution in [0, 0.1) is 0 Å². The van der Waals surface area contributed by atoms with Gasteiger partial charge in [-0.3, -0.25) is 4.90 Å². The lowest BCUT2D eigenvalue weighted by Gasteiger charge is -2.49. The number of nitrogens with zero attached hydrogens (tertiary/aromatic N) is 1. The Morgan fingerprint density at radius 2 is 2.00 bits per heavy atom. The van der Waals surface area contributed by atoms with Gasteiger partial charge in [0.2, 0.25) is 0 Å². The van der Waals surface area contributed by atoms with Crippen molar-refractivity contribution in [2.24, 2.45) is 5.73 Å². The minimum Gasteiger partial charge on any atom is -0.328 e. The topological polar surface area (TPSA) is 29.3 Å². The first-order valence-corrected chi connectivity index (χ1v) is 8.79. The Bertz CT molecular complexity index is 480. The predicted octanol–water partition coefficient (Wildman–Crippen LogP) is 4.00. The summed E-state index contributed by atoms with van der Waals surface area (Å²) < 4.78 is 0. The lowest BCUT2D eigenvalue weighted by atomic mass is 9.71. The van der Waals surface area contributed by atoms with Gasteiger partial charge in [-0.1, -0.05) is 44.5 Å². The van der Waals surface area contributed by atoms with E-state index in [1.165, 1.54) is 56.2 Å². The molecule has 2 N–H and O–H groups in total. The molecule has 0 aromatic heterocycles. The Hall–Kier alpha value is -0.860. The molecule has 0 radical (unpaired) electrons. The van der Waals surface area contributed by atoms with Crippen molar-refractivity contribution in [1.29, 1.82) is 0 Å². The fraction of sp³-hybridized carbons (Fsp3) is 0.684. The van der Waals surface area contributed by atoms with Gasteiger partial charge in [0.05, 0.1) is 5.54 Å². The van der Waals surface area contributed by atoms with E-state index in [-0.39, 0.29) is 5.54 Å². The van der Waals surface area contributed by atoms with Gasteiger partial charge in [0.1, 0.15) is 0 Å². The van der Waals surface area contributed by atoms with Crippen LogP contribution in [0.15, 0.2) is 24.3 Å². The summed E-state index contributed by atoms with van der Waals surface area (Å²) in [6.45, 7) is 6.63. The van der Waals surface area contributed by atoms with Gasteiger partial charge in [0.15, 0.2) is 0 Å². The number of hydrogen-bond acceptors (Lipinski definition) is 2. The molecule has 1 aromatic rings. The minimum absolute atomic E-state index is 0.0967. The van der Waals surface area contributed by atoms with Crippen molar-refractivity contribution in [2.75, 3.05) is 13.1 Å². The molecule has 0 aliphatic heterocycles. The summed E-state index contributed by atoms with van der Waals surface area (Å²) in [6, 6.07) is 9.84. The van der Waals surface area contributed by atoms with Gasteiger partial charge in [-0.15, -0.1) is 0 Å². The fourth-order valence-corrected chi connectivity index (χ4v) is 4.18. The van der Waals surface area contributed by atoms with E-state index in [1.807, 2.05) is 0 Å². The Labute approximate surface area is 129 Å². The van der Waals surface area contributed by atoms with Crippen molar-refractivity contribution in [3.63, 3.8) is 0 Å². The van der Waals surface area contributed by atoms with Crippen molar-refractivity contribution in [3.8, 4) is 0 Å². The molecule has 2 aliphatic rings. The van der Waals surface area contributed by atoms with Gasteiger partial charge in [-0.25, -0.2) is 0 Å². The number of fused-ring (bicyclic) bond motifs is 1. The largest absolute Gasteiger partial charge is 0.328 e. The quantitative estimate of drug-likeness (QED) is 0.856. The van der Waals surface area contributed by atoms with Crippen LogP contribution < -0.4 is 5.73 Å². The molecule has 2 nitrogen and oxygen atoms in total. The molecular formula is C19H30N2. The molecule has 1 aromatic carbocycles. The van der Waals surface area contributed by atoms with E-state index >= 15 is 0 Å². The first kappa shape index (κ1) is 15.1. The van der Waals surface area contributed by atoms with Crippen molar-refractivity contribution < 1.29 is 0 Å². The van der Waals surface area contributed by atoms with E-state index < -0.39 is 0 Å². The lowest BCUT2D eigenvalue weighted by molar-refractivity contribution is 0.0604. The van der Waals surface area contributed by atoms with Gasteiger partial charge in [-0.2, -0.15) is 0 Å². The Kier molecular flexibility index (Phi) is 4.37. The lowest BCUT2D eigenvalue weighted by Crippen LogP contribution is -2.54. The third-order valence-corrected chi connectivity index (χ3v) is 5.61. The SMILES string of the molecule is CCCCN(C1CC1)C1(CN)CCC(C)c2ccccc21. The maximum Gasteiger partial charge on any atom is 0.0589 e. The molecule has 2 aliphatic carbocycles. The van der Waals surface area contributed by atoms with E-state index in [2.05, 4.69) is 43.0 Å². The van der Waals surface area contributed by atoms with Crippen LogP contribution in [0.1, 0.15) is 69.4 Å². The summed E-state index contributed by atoms with van der Waals surface area (Å²) in [4.78, 5) is 2.78. The zero-order valence-electron chi connectivity index (χ0n) is 13.6. The highest BCUT2D eigenvalue weighted by atomic mass is 15.3. The maximum atomic E-state index is 6.40. The standard InChI is InChI=1S/C19H30N2/c1-3-4-13-21(16-9-10-16)19(14-20)12-11-15(2)17-7-5-6-8-18(17)19/h5-8,15-16H,3-4,9-14,20H2,1-2H3. The van der Waals surface area contributed by atoms with Crippen LogP contribution >= 0.6 is 0 Å². The van der Waals surface area contributed by atoms with Gasteiger partial charge >= 0.3 is 0 Å². The third-order valence-electron chi connectivity index (χ3n) is 5.61. The number of benzene rings is 1. The molecule has 0 heterocycles. The average molecular weight is 286 g/mol. The smallest absolute Gasteiger partial charge is 0.0589 e. The van der Waals surface area contributed by atoms with Crippen LogP contribution in [0.25, 0.3) is 0 Å². The van der Waals surface area contributed by atoms with E-state index in [9.17, 15) is 0 Å². The molecule has 2 unspecified atom stereocenters. The molecule has 1 saturated carbocycles. The minimum atomic E-state index is 0.0967. The molecule has 21 heavy (non-hydrogen) atoms. The van der Waals surface area contributed by atoms with Crippen molar-refractivity contribution in [1.82, 2.24) is 4.90 Å². The summed E-state index contributed by atoms with van der Waals surface area (Å²) in [5.41, 5.74) is 9.55. The summed E-state index contributed by atoms with van der Waals surface area (Å²) in [5, 5.41) is 0. The Morgan fingerprint density at radius 1 is 1.24 bits per heavy atom. The average Bonchev–Trinajstić information content (AvgIpc) is 3.35.